The first-order valence-electron chi connectivity index (χ1n) is 8.77. The summed E-state index contributed by atoms with van der Waals surface area (Å²) in [5.41, 5.74) is 3.01. The summed E-state index contributed by atoms with van der Waals surface area (Å²) in [4.78, 5) is 0. The average molecular weight is 283 g/mol. The molecule has 0 rings (SSSR count). The second-order valence-electron chi connectivity index (χ2n) is 3.49. The highest BCUT2D eigenvalue weighted by Gasteiger charge is 2.00. The zero-order valence-corrected chi connectivity index (χ0v) is 16.1. The summed E-state index contributed by atoms with van der Waals surface area (Å²) in [6, 6.07) is 0. The third-order valence-corrected chi connectivity index (χ3v) is 2.43. The molecule has 0 aromatic carbocycles. The van der Waals surface area contributed by atoms with Gasteiger partial charge in [-0.3, -0.25) is 0 Å². The monoisotopic (exact) mass is 282 g/mol. The second kappa shape index (κ2) is 30.9. The standard InChI is InChI=1S/C14H24.3C2H6/c1-5-9-11-13(7-3)14(8-4)12-10-6-2;3*1-2/h5,8-9,11H,6-7,10,12H2,1-4H3;3*1-2H3/b9-5-,13-11-,14-8-;;;. The summed E-state index contributed by atoms with van der Waals surface area (Å²) in [6.45, 7) is 20.7. The molecule has 0 aromatic rings. The van der Waals surface area contributed by atoms with Crippen LogP contribution >= 0.6 is 0 Å². The molecule has 122 valence electrons. The quantitative estimate of drug-likeness (QED) is 0.431. The molecule has 0 aliphatic heterocycles. The third-order valence-electron chi connectivity index (χ3n) is 2.43. The summed E-state index contributed by atoms with van der Waals surface area (Å²) in [5, 5.41) is 0. The molecule has 0 fully saturated rings. The Kier molecular flexibility index (Phi) is 42.6. The van der Waals surface area contributed by atoms with Gasteiger partial charge in [0.05, 0.1) is 0 Å². The van der Waals surface area contributed by atoms with Crippen LogP contribution in [0.3, 0.4) is 0 Å². The molecule has 0 saturated carbocycles. The molecule has 0 saturated heterocycles. The van der Waals surface area contributed by atoms with Gasteiger partial charge in [-0.2, -0.15) is 0 Å². The zero-order chi connectivity index (χ0) is 16.8. The van der Waals surface area contributed by atoms with Crippen molar-refractivity contribution in [1.82, 2.24) is 0 Å². The Morgan fingerprint density at radius 2 is 1.30 bits per heavy atom. The van der Waals surface area contributed by atoms with Crippen molar-refractivity contribution in [3.63, 3.8) is 0 Å². The van der Waals surface area contributed by atoms with E-state index in [0.29, 0.717) is 0 Å². The smallest absolute Gasteiger partial charge is 0.0280 e. The molecule has 0 unspecified atom stereocenters. The van der Waals surface area contributed by atoms with Crippen molar-refractivity contribution in [3.05, 3.63) is 35.5 Å². The zero-order valence-electron chi connectivity index (χ0n) is 16.1. The van der Waals surface area contributed by atoms with Gasteiger partial charge in [-0.05, 0) is 44.3 Å². The lowest BCUT2D eigenvalue weighted by Gasteiger charge is -2.08. The highest BCUT2D eigenvalue weighted by Crippen LogP contribution is 2.20. The van der Waals surface area contributed by atoms with Gasteiger partial charge in [0.1, 0.15) is 0 Å². The maximum Gasteiger partial charge on any atom is -0.0280 e. The SMILES string of the molecule is CC.CC.CC.C\C=C/C=C(CC)\C(=C/C)CCCC. The molecule has 0 aliphatic rings. The van der Waals surface area contributed by atoms with Gasteiger partial charge in [0.25, 0.3) is 0 Å². The molecule has 20 heavy (non-hydrogen) atoms. The molecule has 0 aromatic heterocycles. The lowest BCUT2D eigenvalue weighted by atomic mass is 9.97. The number of hydrogen-bond donors (Lipinski definition) is 0. The van der Waals surface area contributed by atoms with Crippen LogP contribution in [-0.2, 0) is 0 Å². The van der Waals surface area contributed by atoms with Crippen molar-refractivity contribution in [1.29, 1.82) is 0 Å². The summed E-state index contributed by atoms with van der Waals surface area (Å²) in [6.07, 6.45) is 13.7. The number of unbranched alkanes of at least 4 members (excludes halogenated alkanes) is 1. The predicted molar refractivity (Wildman–Crippen MR) is 101 cm³/mol. The van der Waals surface area contributed by atoms with Crippen LogP contribution in [-0.4, -0.2) is 0 Å². The van der Waals surface area contributed by atoms with Crippen LogP contribution in [0.5, 0.6) is 0 Å². The van der Waals surface area contributed by atoms with Crippen molar-refractivity contribution in [3.8, 4) is 0 Å². The number of rotatable bonds is 6. The van der Waals surface area contributed by atoms with E-state index in [-0.39, 0.29) is 0 Å². The fourth-order valence-electron chi connectivity index (χ4n) is 1.52. The van der Waals surface area contributed by atoms with Crippen LogP contribution in [0, 0.1) is 0 Å². The Bertz CT molecular complexity index is 216. The van der Waals surface area contributed by atoms with Gasteiger partial charge in [0, 0.05) is 0 Å². The molecule has 0 bridgehead atoms. The minimum Gasteiger partial charge on any atom is -0.0877 e. The lowest BCUT2D eigenvalue weighted by Crippen LogP contribution is -1.89. The topological polar surface area (TPSA) is 0 Å². The van der Waals surface area contributed by atoms with E-state index in [0.717, 1.165) is 6.42 Å². The van der Waals surface area contributed by atoms with Gasteiger partial charge >= 0.3 is 0 Å². The van der Waals surface area contributed by atoms with Gasteiger partial charge in [-0.1, -0.05) is 86.1 Å². The Labute approximate surface area is 131 Å². The Balaban J connectivity index is -0.000000187. The van der Waals surface area contributed by atoms with Gasteiger partial charge < -0.3 is 0 Å². The molecule has 0 radical (unpaired) electrons. The summed E-state index contributed by atoms with van der Waals surface area (Å²) in [7, 11) is 0. The minimum atomic E-state index is 1.13. The van der Waals surface area contributed by atoms with Gasteiger partial charge in [0.15, 0.2) is 0 Å². The van der Waals surface area contributed by atoms with Gasteiger partial charge in [-0.15, -0.1) is 0 Å². The van der Waals surface area contributed by atoms with E-state index in [4.69, 9.17) is 0 Å². The molecular weight excluding hydrogens is 240 g/mol. The maximum atomic E-state index is 2.26. The Hall–Kier alpha value is -0.780. The molecule has 0 N–H and O–H groups in total. The first-order chi connectivity index (χ1) is 9.79. The summed E-state index contributed by atoms with van der Waals surface area (Å²) < 4.78 is 0. The minimum absolute atomic E-state index is 1.13. The van der Waals surface area contributed by atoms with E-state index < -0.39 is 0 Å². The molecule has 0 atom stereocenters. The first kappa shape index (κ1) is 27.5. The first-order valence-corrected chi connectivity index (χ1v) is 8.77. The Morgan fingerprint density at radius 1 is 0.800 bits per heavy atom. The molecule has 0 amide bonds. The van der Waals surface area contributed by atoms with Crippen molar-refractivity contribution in [2.75, 3.05) is 0 Å². The lowest BCUT2D eigenvalue weighted by molar-refractivity contribution is 0.784. The van der Waals surface area contributed by atoms with Crippen LogP contribution < -0.4 is 0 Å². The molecule has 0 heterocycles. The van der Waals surface area contributed by atoms with E-state index in [2.05, 4.69) is 52.0 Å². The Morgan fingerprint density at radius 3 is 1.60 bits per heavy atom. The molecule has 0 nitrogen and oxygen atoms in total. The van der Waals surface area contributed by atoms with Gasteiger partial charge in [-0.25, -0.2) is 0 Å². The van der Waals surface area contributed by atoms with Crippen LogP contribution in [0.4, 0.5) is 0 Å². The van der Waals surface area contributed by atoms with Crippen molar-refractivity contribution >= 4 is 0 Å². The summed E-state index contributed by atoms with van der Waals surface area (Å²) >= 11 is 0. The van der Waals surface area contributed by atoms with E-state index in [1.54, 1.807) is 0 Å². The average Bonchev–Trinajstić information content (AvgIpc) is 2.56. The summed E-state index contributed by atoms with van der Waals surface area (Å²) in [5.74, 6) is 0. The number of hydrogen-bond acceptors (Lipinski definition) is 0. The second-order valence-corrected chi connectivity index (χ2v) is 3.49. The van der Waals surface area contributed by atoms with E-state index in [9.17, 15) is 0 Å². The van der Waals surface area contributed by atoms with Crippen LogP contribution in [0.15, 0.2) is 35.5 Å². The molecule has 0 heteroatoms. The van der Waals surface area contributed by atoms with E-state index in [1.165, 1.54) is 30.4 Å². The maximum absolute atomic E-state index is 2.26. The van der Waals surface area contributed by atoms with E-state index >= 15 is 0 Å². The van der Waals surface area contributed by atoms with Crippen molar-refractivity contribution in [2.45, 2.75) is 94.9 Å². The normalized spacial score (nSPS) is 10.7. The van der Waals surface area contributed by atoms with Gasteiger partial charge in [0.2, 0.25) is 0 Å². The molecular formula is C20H42. The third kappa shape index (κ3) is 19.6. The highest BCUT2D eigenvalue weighted by atomic mass is 14.1. The van der Waals surface area contributed by atoms with E-state index in [1.807, 2.05) is 41.5 Å². The molecule has 0 spiro atoms. The number of allylic oxidation sites excluding steroid dienone is 6. The van der Waals surface area contributed by atoms with Crippen LogP contribution in [0.2, 0.25) is 0 Å². The fraction of sp³-hybridized carbons (Fsp3) is 0.700. The highest BCUT2D eigenvalue weighted by molar-refractivity contribution is 5.33. The van der Waals surface area contributed by atoms with Crippen LogP contribution in [0.25, 0.3) is 0 Å². The van der Waals surface area contributed by atoms with Crippen molar-refractivity contribution < 1.29 is 0 Å². The fourth-order valence-corrected chi connectivity index (χ4v) is 1.52. The van der Waals surface area contributed by atoms with Crippen LogP contribution in [0.1, 0.15) is 94.9 Å². The predicted octanol–water partition coefficient (Wildman–Crippen LogP) is 8.11. The molecule has 0 aliphatic carbocycles. The van der Waals surface area contributed by atoms with Crippen molar-refractivity contribution in [2.24, 2.45) is 0 Å². The largest absolute Gasteiger partial charge is 0.0877 e.